The quantitative estimate of drug-likeness (QED) is 0.136. The molecule has 284 valence electrons. The molecule has 0 radical (unpaired) electrons. The molecule has 0 fully saturated rings. The molecule has 11 rings (SSSR count). The first kappa shape index (κ1) is 35.5. The van der Waals surface area contributed by atoms with E-state index in [1.807, 2.05) is 0 Å². The largest absolute Gasteiger partial charge is 0.453 e. The third kappa shape index (κ3) is 6.40. The number of benzene rings is 10. The highest BCUT2D eigenvalue weighted by Crippen LogP contribution is 2.46. The van der Waals surface area contributed by atoms with Crippen LogP contribution in [0.5, 0.6) is 0 Å². The monoisotopic (exact) mass is 767 g/mol. The maximum atomic E-state index is 7.10. The highest BCUT2D eigenvalue weighted by atomic mass is 16.3. The predicted octanol–water partition coefficient (Wildman–Crippen LogP) is 16.1. The second kappa shape index (κ2) is 15.2. The maximum Gasteiger partial charge on any atom is 0.159 e. The standard InChI is InChI=1S/C58H41NO/c1-4-18-40(19-5-1)36-54(42-22-8-3-9-23-42)43-25-14-27-46(37-43)59(56-35-17-34-53-52-33-16-32-49(57(52)60-58(53)56)41-20-6-2-7-21-41)47-28-15-26-44(38-47)55-39-45-24-10-11-29-48(45)50-30-12-13-31-51(50)55/h1-35,37-39,54H,36H2. The average molecular weight is 768 g/mol. The van der Waals surface area contributed by atoms with Crippen LogP contribution in [-0.2, 0) is 6.42 Å². The Hall–Kier alpha value is -7.68. The molecule has 0 aliphatic carbocycles. The van der Waals surface area contributed by atoms with Gasteiger partial charge in [0, 0.05) is 33.6 Å². The van der Waals surface area contributed by atoms with E-state index in [0.29, 0.717) is 0 Å². The normalized spacial score (nSPS) is 12.0. The van der Waals surface area contributed by atoms with Crippen molar-refractivity contribution < 1.29 is 4.42 Å². The van der Waals surface area contributed by atoms with Crippen LogP contribution in [-0.4, -0.2) is 0 Å². The Labute approximate surface area is 350 Å². The van der Waals surface area contributed by atoms with Gasteiger partial charge in [0.2, 0.25) is 0 Å². The summed E-state index contributed by atoms with van der Waals surface area (Å²) in [4.78, 5) is 2.40. The van der Waals surface area contributed by atoms with E-state index < -0.39 is 0 Å². The Morgan fingerprint density at radius 1 is 0.367 bits per heavy atom. The molecule has 1 unspecified atom stereocenters. The fourth-order valence-corrected chi connectivity index (χ4v) is 9.20. The molecule has 0 amide bonds. The predicted molar refractivity (Wildman–Crippen MR) is 253 cm³/mol. The van der Waals surface area contributed by atoms with Crippen molar-refractivity contribution in [2.75, 3.05) is 4.90 Å². The molecule has 10 aromatic carbocycles. The Balaban J connectivity index is 1.13. The third-order valence-electron chi connectivity index (χ3n) is 12.0. The number of hydrogen-bond acceptors (Lipinski definition) is 2. The van der Waals surface area contributed by atoms with Crippen molar-refractivity contribution >= 4 is 60.5 Å². The zero-order valence-electron chi connectivity index (χ0n) is 33.1. The molecular weight excluding hydrogens is 727 g/mol. The second-order valence-electron chi connectivity index (χ2n) is 15.6. The average Bonchev–Trinajstić information content (AvgIpc) is 3.72. The number of rotatable bonds is 9. The molecule has 0 aliphatic heterocycles. The highest BCUT2D eigenvalue weighted by Gasteiger charge is 2.23. The van der Waals surface area contributed by atoms with E-state index in [1.165, 1.54) is 43.8 Å². The van der Waals surface area contributed by atoms with Crippen LogP contribution in [0.2, 0.25) is 0 Å². The van der Waals surface area contributed by atoms with Crippen molar-refractivity contribution in [3.63, 3.8) is 0 Å². The lowest BCUT2D eigenvalue weighted by molar-refractivity contribution is 0.670. The SMILES string of the molecule is c1ccc(CC(c2ccccc2)c2cccc(N(c3cccc(-c4cc5ccccc5c5ccccc45)c3)c3cccc4c3oc3c(-c5ccccc5)cccc34)c2)cc1. The zero-order valence-corrected chi connectivity index (χ0v) is 33.1. The number of furan rings is 1. The van der Waals surface area contributed by atoms with Crippen LogP contribution in [0.4, 0.5) is 17.1 Å². The number of hydrogen-bond donors (Lipinski definition) is 0. The van der Waals surface area contributed by atoms with Gasteiger partial charge in [-0.3, -0.25) is 0 Å². The molecule has 60 heavy (non-hydrogen) atoms. The van der Waals surface area contributed by atoms with Gasteiger partial charge in [-0.05, 0) is 97.7 Å². The minimum atomic E-state index is 0.154. The molecule has 1 atom stereocenters. The third-order valence-corrected chi connectivity index (χ3v) is 12.0. The molecular formula is C58H41NO. The number of para-hydroxylation sites is 2. The van der Waals surface area contributed by atoms with Crippen molar-refractivity contribution in [2.24, 2.45) is 0 Å². The Bertz CT molecular complexity index is 3290. The van der Waals surface area contributed by atoms with E-state index in [9.17, 15) is 0 Å². The van der Waals surface area contributed by atoms with Crippen LogP contribution in [0.25, 0.3) is 65.7 Å². The van der Waals surface area contributed by atoms with E-state index in [-0.39, 0.29) is 5.92 Å². The van der Waals surface area contributed by atoms with Gasteiger partial charge in [-0.25, -0.2) is 0 Å². The molecule has 11 aromatic rings. The molecule has 0 saturated carbocycles. The second-order valence-corrected chi connectivity index (χ2v) is 15.6. The zero-order chi connectivity index (χ0) is 39.8. The van der Waals surface area contributed by atoms with Crippen molar-refractivity contribution in [3.8, 4) is 22.3 Å². The van der Waals surface area contributed by atoms with Gasteiger partial charge in [-0.1, -0.05) is 194 Å². The van der Waals surface area contributed by atoms with Crippen molar-refractivity contribution in [3.05, 3.63) is 247 Å². The summed E-state index contributed by atoms with van der Waals surface area (Å²) in [6.45, 7) is 0. The van der Waals surface area contributed by atoms with E-state index in [0.717, 1.165) is 62.1 Å². The molecule has 0 saturated heterocycles. The Kier molecular flexibility index (Phi) is 9.02. The van der Waals surface area contributed by atoms with E-state index in [1.54, 1.807) is 0 Å². The van der Waals surface area contributed by atoms with Gasteiger partial charge in [0.05, 0.1) is 5.69 Å². The summed E-state index contributed by atoms with van der Waals surface area (Å²) in [5.41, 5.74) is 13.3. The summed E-state index contributed by atoms with van der Waals surface area (Å²) in [6.07, 6.45) is 0.889. The first-order valence-electron chi connectivity index (χ1n) is 20.8. The Morgan fingerprint density at radius 3 is 1.73 bits per heavy atom. The van der Waals surface area contributed by atoms with Crippen LogP contribution >= 0.6 is 0 Å². The first-order chi connectivity index (χ1) is 29.8. The summed E-state index contributed by atoms with van der Waals surface area (Å²) in [5.74, 6) is 0.154. The van der Waals surface area contributed by atoms with Gasteiger partial charge in [0.1, 0.15) is 5.58 Å². The van der Waals surface area contributed by atoms with E-state index in [4.69, 9.17) is 4.42 Å². The minimum absolute atomic E-state index is 0.154. The van der Waals surface area contributed by atoms with Crippen LogP contribution < -0.4 is 4.90 Å². The number of anilines is 3. The van der Waals surface area contributed by atoms with Crippen LogP contribution in [0, 0.1) is 0 Å². The van der Waals surface area contributed by atoms with Gasteiger partial charge in [-0.15, -0.1) is 0 Å². The molecule has 0 N–H and O–H groups in total. The van der Waals surface area contributed by atoms with Gasteiger partial charge in [0.15, 0.2) is 5.58 Å². The fourth-order valence-electron chi connectivity index (χ4n) is 9.20. The first-order valence-corrected chi connectivity index (χ1v) is 20.8. The molecule has 0 bridgehead atoms. The van der Waals surface area contributed by atoms with Crippen molar-refractivity contribution in [2.45, 2.75) is 12.3 Å². The lowest BCUT2D eigenvalue weighted by Gasteiger charge is -2.28. The lowest BCUT2D eigenvalue weighted by Crippen LogP contribution is -2.12. The van der Waals surface area contributed by atoms with Gasteiger partial charge < -0.3 is 9.32 Å². The summed E-state index contributed by atoms with van der Waals surface area (Å²) in [5, 5.41) is 7.18. The molecule has 1 aromatic heterocycles. The van der Waals surface area contributed by atoms with Crippen molar-refractivity contribution in [1.82, 2.24) is 0 Å². The van der Waals surface area contributed by atoms with E-state index >= 15 is 0 Å². The smallest absolute Gasteiger partial charge is 0.159 e. The van der Waals surface area contributed by atoms with Crippen molar-refractivity contribution in [1.29, 1.82) is 0 Å². The van der Waals surface area contributed by atoms with Crippen LogP contribution in [0.1, 0.15) is 22.6 Å². The number of nitrogens with zero attached hydrogens (tertiary/aromatic N) is 1. The van der Waals surface area contributed by atoms with Gasteiger partial charge in [-0.2, -0.15) is 0 Å². The minimum Gasteiger partial charge on any atom is -0.453 e. The highest BCUT2D eigenvalue weighted by molar-refractivity contribution is 6.15. The molecule has 0 aliphatic rings. The van der Waals surface area contributed by atoms with E-state index in [2.05, 4.69) is 235 Å². The Morgan fingerprint density at radius 2 is 0.933 bits per heavy atom. The summed E-state index contributed by atoms with van der Waals surface area (Å²) in [7, 11) is 0. The van der Waals surface area contributed by atoms with Crippen LogP contribution in [0.15, 0.2) is 235 Å². The number of fused-ring (bicyclic) bond motifs is 6. The van der Waals surface area contributed by atoms with Gasteiger partial charge in [0.25, 0.3) is 0 Å². The van der Waals surface area contributed by atoms with Gasteiger partial charge >= 0.3 is 0 Å². The fraction of sp³-hybridized carbons (Fsp3) is 0.0345. The molecule has 2 nitrogen and oxygen atoms in total. The summed E-state index contributed by atoms with van der Waals surface area (Å²) in [6, 6.07) is 83.3. The van der Waals surface area contributed by atoms with Crippen LogP contribution in [0.3, 0.4) is 0 Å². The molecule has 0 spiro atoms. The summed E-state index contributed by atoms with van der Waals surface area (Å²) < 4.78 is 7.10. The summed E-state index contributed by atoms with van der Waals surface area (Å²) >= 11 is 0. The lowest BCUT2D eigenvalue weighted by atomic mass is 9.85. The maximum absolute atomic E-state index is 7.10. The topological polar surface area (TPSA) is 16.4 Å². The molecule has 1 heterocycles. The molecule has 2 heteroatoms.